The molecule has 0 saturated carbocycles. The SMILES string of the molecule is Cc1cccc(C)c1/C(Cl)=C(/C#N)c1ccccc1. The first kappa shape index (κ1) is 13.4. The van der Waals surface area contributed by atoms with E-state index in [-0.39, 0.29) is 0 Å². The topological polar surface area (TPSA) is 23.8 Å². The van der Waals surface area contributed by atoms with Crippen molar-refractivity contribution < 1.29 is 0 Å². The van der Waals surface area contributed by atoms with Crippen LogP contribution in [0, 0.1) is 25.2 Å². The van der Waals surface area contributed by atoms with Gasteiger partial charge in [-0.3, -0.25) is 0 Å². The molecule has 2 rings (SSSR count). The zero-order chi connectivity index (χ0) is 13.8. The standard InChI is InChI=1S/C17H14ClN/c1-12-7-6-8-13(2)16(12)17(18)15(11-19)14-9-4-3-5-10-14/h3-10H,1-2H3/b17-15+. The van der Waals surface area contributed by atoms with Crippen LogP contribution in [0.15, 0.2) is 48.5 Å². The summed E-state index contributed by atoms with van der Waals surface area (Å²) in [6.07, 6.45) is 0. The van der Waals surface area contributed by atoms with Crippen LogP contribution in [0.2, 0.25) is 0 Å². The Labute approximate surface area is 118 Å². The molecule has 0 radical (unpaired) electrons. The highest BCUT2D eigenvalue weighted by molar-refractivity contribution is 6.53. The summed E-state index contributed by atoms with van der Waals surface area (Å²) in [4.78, 5) is 0. The number of rotatable bonds is 2. The molecule has 0 aromatic heterocycles. The molecule has 0 fully saturated rings. The smallest absolute Gasteiger partial charge is 0.101 e. The van der Waals surface area contributed by atoms with Gasteiger partial charge in [-0.05, 0) is 30.5 Å². The largest absolute Gasteiger partial charge is 0.192 e. The van der Waals surface area contributed by atoms with Crippen LogP contribution in [-0.2, 0) is 0 Å². The third-order valence-corrected chi connectivity index (χ3v) is 3.47. The first-order chi connectivity index (χ1) is 9.15. The Balaban J connectivity index is 2.67. The molecule has 1 nitrogen and oxygen atoms in total. The van der Waals surface area contributed by atoms with Gasteiger partial charge in [-0.15, -0.1) is 0 Å². The van der Waals surface area contributed by atoms with Gasteiger partial charge in [0.25, 0.3) is 0 Å². The average molecular weight is 268 g/mol. The number of aryl methyl sites for hydroxylation is 2. The van der Waals surface area contributed by atoms with Gasteiger partial charge in [0.15, 0.2) is 0 Å². The van der Waals surface area contributed by atoms with Crippen LogP contribution in [0.25, 0.3) is 10.6 Å². The van der Waals surface area contributed by atoms with Crippen LogP contribution < -0.4 is 0 Å². The second-order valence-corrected chi connectivity index (χ2v) is 4.81. The van der Waals surface area contributed by atoms with Crippen LogP contribution in [0.5, 0.6) is 0 Å². The minimum Gasteiger partial charge on any atom is -0.192 e. The summed E-state index contributed by atoms with van der Waals surface area (Å²) in [5.74, 6) is 0. The van der Waals surface area contributed by atoms with Crippen LogP contribution >= 0.6 is 11.6 Å². The van der Waals surface area contributed by atoms with Crippen molar-refractivity contribution in [2.45, 2.75) is 13.8 Å². The Kier molecular flexibility index (Phi) is 4.04. The monoisotopic (exact) mass is 267 g/mol. The number of nitriles is 1. The molecule has 94 valence electrons. The van der Waals surface area contributed by atoms with Gasteiger partial charge in [0.2, 0.25) is 0 Å². The van der Waals surface area contributed by atoms with E-state index in [1.165, 1.54) is 0 Å². The van der Waals surface area contributed by atoms with Crippen LogP contribution in [-0.4, -0.2) is 0 Å². The molecule has 0 heterocycles. The van der Waals surface area contributed by atoms with Gasteiger partial charge in [-0.2, -0.15) is 5.26 Å². The maximum atomic E-state index is 9.40. The van der Waals surface area contributed by atoms with E-state index in [0.717, 1.165) is 22.3 Å². The number of hydrogen-bond donors (Lipinski definition) is 0. The van der Waals surface area contributed by atoms with E-state index in [2.05, 4.69) is 6.07 Å². The first-order valence-corrected chi connectivity index (χ1v) is 6.45. The fourth-order valence-corrected chi connectivity index (χ4v) is 2.58. The fourth-order valence-electron chi connectivity index (χ4n) is 2.13. The fraction of sp³-hybridized carbons (Fsp3) is 0.118. The lowest BCUT2D eigenvalue weighted by Crippen LogP contribution is -1.92. The predicted octanol–water partition coefficient (Wildman–Crippen LogP) is 4.93. The van der Waals surface area contributed by atoms with Gasteiger partial charge in [0.1, 0.15) is 6.07 Å². The third-order valence-electron chi connectivity index (χ3n) is 3.09. The van der Waals surface area contributed by atoms with E-state index in [9.17, 15) is 5.26 Å². The van der Waals surface area contributed by atoms with E-state index in [1.54, 1.807) is 0 Å². The van der Waals surface area contributed by atoms with Crippen molar-refractivity contribution in [1.29, 1.82) is 5.26 Å². The predicted molar refractivity (Wildman–Crippen MR) is 80.6 cm³/mol. The lowest BCUT2D eigenvalue weighted by Gasteiger charge is -2.10. The summed E-state index contributed by atoms with van der Waals surface area (Å²) >= 11 is 6.47. The molecule has 2 aromatic carbocycles. The molecular formula is C17H14ClN. The van der Waals surface area contributed by atoms with Gasteiger partial charge >= 0.3 is 0 Å². The van der Waals surface area contributed by atoms with Crippen molar-refractivity contribution in [3.8, 4) is 6.07 Å². The van der Waals surface area contributed by atoms with Gasteiger partial charge in [-0.25, -0.2) is 0 Å². The van der Waals surface area contributed by atoms with E-state index in [4.69, 9.17) is 11.6 Å². The maximum Gasteiger partial charge on any atom is 0.101 e. The third kappa shape index (κ3) is 2.70. The average Bonchev–Trinajstić information content (AvgIpc) is 2.40. The normalized spacial score (nSPS) is 11.7. The Bertz CT molecular complexity index is 643. The number of allylic oxidation sites excluding steroid dienone is 1. The van der Waals surface area contributed by atoms with Crippen molar-refractivity contribution in [3.63, 3.8) is 0 Å². The van der Waals surface area contributed by atoms with Crippen molar-refractivity contribution in [2.75, 3.05) is 0 Å². The summed E-state index contributed by atoms with van der Waals surface area (Å²) in [5.41, 5.74) is 4.46. The minimum absolute atomic E-state index is 0.514. The molecule has 0 bridgehead atoms. The first-order valence-electron chi connectivity index (χ1n) is 6.07. The summed E-state index contributed by atoms with van der Waals surface area (Å²) in [5, 5.41) is 9.92. The highest BCUT2D eigenvalue weighted by Gasteiger charge is 2.13. The van der Waals surface area contributed by atoms with E-state index in [1.807, 2.05) is 62.4 Å². The number of halogens is 1. The van der Waals surface area contributed by atoms with Gasteiger partial charge < -0.3 is 0 Å². The molecule has 0 saturated heterocycles. The number of benzene rings is 2. The Hall–Kier alpha value is -2.04. The molecule has 2 aromatic rings. The molecule has 0 atom stereocenters. The van der Waals surface area contributed by atoms with E-state index in [0.29, 0.717) is 10.6 Å². The van der Waals surface area contributed by atoms with Crippen LogP contribution in [0.3, 0.4) is 0 Å². The van der Waals surface area contributed by atoms with Crippen LogP contribution in [0.1, 0.15) is 22.3 Å². The zero-order valence-corrected chi connectivity index (χ0v) is 11.7. The molecule has 19 heavy (non-hydrogen) atoms. The highest BCUT2D eigenvalue weighted by Crippen LogP contribution is 2.33. The Morgan fingerprint density at radius 2 is 1.53 bits per heavy atom. The molecule has 0 aliphatic heterocycles. The van der Waals surface area contributed by atoms with Crippen molar-refractivity contribution >= 4 is 22.2 Å². The summed E-state index contributed by atoms with van der Waals surface area (Å²) < 4.78 is 0. The lowest BCUT2D eigenvalue weighted by molar-refractivity contribution is 1.35. The number of nitrogens with zero attached hydrogens (tertiary/aromatic N) is 1. The summed E-state index contributed by atoms with van der Waals surface area (Å²) in [7, 11) is 0. The van der Waals surface area contributed by atoms with Gasteiger partial charge in [0, 0.05) is 5.56 Å². The van der Waals surface area contributed by atoms with Crippen LogP contribution in [0.4, 0.5) is 0 Å². The Morgan fingerprint density at radius 3 is 2.05 bits per heavy atom. The van der Waals surface area contributed by atoms with E-state index < -0.39 is 0 Å². The van der Waals surface area contributed by atoms with Crippen molar-refractivity contribution in [1.82, 2.24) is 0 Å². The summed E-state index contributed by atoms with van der Waals surface area (Å²) in [6.45, 7) is 4.01. The second-order valence-electron chi connectivity index (χ2n) is 4.43. The lowest BCUT2D eigenvalue weighted by atomic mass is 9.97. The minimum atomic E-state index is 0.514. The molecule has 0 N–H and O–H groups in total. The second kappa shape index (κ2) is 5.73. The van der Waals surface area contributed by atoms with Gasteiger partial charge in [-0.1, -0.05) is 60.1 Å². The number of hydrogen-bond acceptors (Lipinski definition) is 1. The molecule has 0 spiro atoms. The van der Waals surface area contributed by atoms with E-state index >= 15 is 0 Å². The molecule has 2 heteroatoms. The molecule has 0 aliphatic carbocycles. The quantitative estimate of drug-likeness (QED) is 0.559. The molecule has 0 amide bonds. The van der Waals surface area contributed by atoms with Crippen molar-refractivity contribution in [2.24, 2.45) is 0 Å². The van der Waals surface area contributed by atoms with Gasteiger partial charge in [0.05, 0.1) is 10.6 Å². The molecule has 0 aliphatic rings. The maximum absolute atomic E-state index is 9.40. The highest BCUT2D eigenvalue weighted by atomic mass is 35.5. The molecule has 0 unspecified atom stereocenters. The summed E-state index contributed by atoms with van der Waals surface area (Å²) in [6, 6.07) is 17.7. The molecular weight excluding hydrogens is 254 g/mol. The zero-order valence-electron chi connectivity index (χ0n) is 10.9. The van der Waals surface area contributed by atoms with Crippen molar-refractivity contribution in [3.05, 3.63) is 70.8 Å². The Morgan fingerprint density at radius 1 is 0.947 bits per heavy atom.